The lowest BCUT2D eigenvalue weighted by molar-refractivity contribution is -0.304. The van der Waals surface area contributed by atoms with Crippen LogP contribution in [0.3, 0.4) is 0 Å². The third kappa shape index (κ3) is 6.68. The number of carbonyl (C=O) groups is 3. The molecule has 9 atom stereocenters. The summed E-state index contributed by atoms with van der Waals surface area (Å²) in [4.78, 5) is 35.6. The van der Waals surface area contributed by atoms with Gasteiger partial charge in [0.1, 0.15) is 31.0 Å². The fraction of sp³-hybridized carbons (Fsp3) is 0.560. The van der Waals surface area contributed by atoms with Crippen molar-refractivity contribution in [1.29, 1.82) is 0 Å². The Labute approximate surface area is 207 Å². The number of carbonyl (C=O) groups excluding carboxylic acids is 1. The van der Waals surface area contributed by atoms with Gasteiger partial charge in [0.25, 0.3) is 0 Å². The summed E-state index contributed by atoms with van der Waals surface area (Å²) in [5, 5.41) is 50.0. The van der Waals surface area contributed by atoms with E-state index in [2.05, 4.69) is 0 Å². The second kappa shape index (κ2) is 12.4. The number of aliphatic hydroxyl groups excluding tert-OH is 3. The Hall–Kier alpha value is -2.83. The van der Waals surface area contributed by atoms with Gasteiger partial charge in [-0.1, -0.05) is 37.3 Å². The maximum Gasteiger partial charge on any atom is 0.330 e. The summed E-state index contributed by atoms with van der Waals surface area (Å²) >= 11 is 0. The third-order valence-corrected chi connectivity index (χ3v) is 6.86. The van der Waals surface area contributed by atoms with Crippen molar-refractivity contribution in [2.45, 2.75) is 50.5 Å². The van der Waals surface area contributed by atoms with E-state index in [1.807, 2.05) is 6.07 Å². The molecule has 0 aromatic heterocycles. The molecule has 1 aromatic rings. The Balaban J connectivity index is 1.60. The van der Waals surface area contributed by atoms with Crippen LogP contribution in [0.4, 0.5) is 0 Å². The number of aliphatic hydroxyl groups is 3. The van der Waals surface area contributed by atoms with Crippen molar-refractivity contribution in [3.05, 3.63) is 42.0 Å². The van der Waals surface area contributed by atoms with Crippen molar-refractivity contribution in [2.75, 3.05) is 13.2 Å². The summed E-state index contributed by atoms with van der Waals surface area (Å²) in [7, 11) is 0. The molecule has 198 valence electrons. The van der Waals surface area contributed by atoms with E-state index in [9.17, 15) is 39.9 Å². The Morgan fingerprint density at radius 2 is 1.75 bits per heavy atom. The summed E-state index contributed by atoms with van der Waals surface area (Å²) in [6.45, 7) is 0.810. The van der Waals surface area contributed by atoms with Crippen molar-refractivity contribution >= 4 is 24.0 Å². The second-order valence-corrected chi connectivity index (χ2v) is 9.25. The maximum atomic E-state index is 12.0. The first-order chi connectivity index (χ1) is 17.1. The van der Waals surface area contributed by atoms with E-state index < -0.39 is 79.6 Å². The molecule has 0 bridgehead atoms. The molecule has 1 aliphatic heterocycles. The Kier molecular flexibility index (Phi) is 9.57. The van der Waals surface area contributed by atoms with E-state index in [0.717, 1.165) is 5.56 Å². The van der Waals surface area contributed by atoms with Crippen LogP contribution in [0.2, 0.25) is 0 Å². The fourth-order valence-corrected chi connectivity index (χ4v) is 4.82. The van der Waals surface area contributed by atoms with Crippen molar-refractivity contribution in [3.63, 3.8) is 0 Å². The highest BCUT2D eigenvalue weighted by Gasteiger charge is 2.48. The standard InChI is InChI=1S/C25H32O11/c1-13-7-9-15(19(13)24(32)33)16(23(30)31)11-35-25-22(29)21(28)20(27)17(36-25)12-34-18(26)10-8-14-5-3-2-4-6-14/h2-6,8,10,13,15-17,19-22,25,27-29H,7,9,11-12H2,1H3,(H,30,31)(H,32,33)/b10-8+/t13-,15+,16-,17+,19-,20+,21-,22+,25+/m0/s1. The molecule has 11 heteroatoms. The molecule has 0 radical (unpaired) electrons. The van der Waals surface area contributed by atoms with Crippen molar-refractivity contribution in [2.24, 2.45) is 23.7 Å². The first-order valence-electron chi connectivity index (χ1n) is 11.8. The van der Waals surface area contributed by atoms with Crippen LogP contribution in [0.25, 0.3) is 6.08 Å². The van der Waals surface area contributed by atoms with Gasteiger partial charge in [-0.15, -0.1) is 0 Å². The zero-order valence-electron chi connectivity index (χ0n) is 19.8. The fourth-order valence-electron chi connectivity index (χ4n) is 4.82. The van der Waals surface area contributed by atoms with Crippen LogP contribution in [0.5, 0.6) is 0 Å². The van der Waals surface area contributed by atoms with Gasteiger partial charge >= 0.3 is 17.9 Å². The molecule has 36 heavy (non-hydrogen) atoms. The minimum atomic E-state index is -1.71. The van der Waals surface area contributed by atoms with Gasteiger partial charge in [0.05, 0.1) is 18.4 Å². The lowest BCUT2D eigenvalue weighted by Gasteiger charge is -2.40. The molecule has 1 aromatic carbocycles. The number of carboxylic acid groups (broad SMARTS) is 2. The molecule has 1 saturated heterocycles. The average molecular weight is 509 g/mol. The predicted octanol–water partition coefficient (Wildman–Crippen LogP) is 0.515. The van der Waals surface area contributed by atoms with E-state index >= 15 is 0 Å². The van der Waals surface area contributed by atoms with E-state index in [1.54, 1.807) is 31.2 Å². The summed E-state index contributed by atoms with van der Waals surface area (Å²) in [6, 6.07) is 8.99. The van der Waals surface area contributed by atoms with Gasteiger partial charge in [-0.25, -0.2) is 4.79 Å². The van der Waals surface area contributed by atoms with Gasteiger partial charge < -0.3 is 39.7 Å². The van der Waals surface area contributed by atoms with Crippen molar-refractivity contribution in [3.8, 4) is 0 Å². The lowest BCUT2D eigenvalue weighted by Crippen LogP contribution is -2.59. The summed E-state index contributed by atoms with van der Waals surface area (Å²) < 4.78 is 16.1. The van der Waals surface area contributed by atoms with Gasteiger partial charge in [-0.05, 0) is 36.3 Å². The minimum absolute atomic E-state index is 0.196. The Morgan fingerprint density at radius 1 is 1.06 bits per heavy atom. The second-order valence-electron chi connectivity index (χ2n) is 9.25. The molecule has 1 aliphatic carbocycles. The molecule has 0 unspecified atom stereocenters. The Morgan fingerprint density at radius 3 is 2.39 bits per heavy atom. The van der Waals surface area contributed by atoms with E-state index in [4.69, 9.17) is 14.2 Å². The van der Waals surface area contributed by atoms with E-state index in [0.29, 0.717) is 12.8 Å². The molecule has 1 heterocycles. The van der Waals surface area contributed by atoms with Crippen LogP contribution in [0.1, 0.15) is 25.3 Å². The predicted molar refractivity (Wildman–Crippen MR) is 123 cm³/mol. The van der Waals surface area contributed by atoms with Crippen LogP contribution in [-0.2, 0) is 28.6 Å². The van der Waals surface area contributed by atoms with Crippen LogP contribution in [-0.4, -0.2) is 87.4 Å². The summed E-state index contributed by atoms with van der Waals surface area (Å²) in [6.07, 6.45) is -4.15. The zero-order valence-corrected chi connectivity index (χ0v) is 19.8. The number of esters is 1. The normalized spacial score (nSPS) is 33.3. The Bertz CT molecular complexity index is 933. The third-order valence-electron chi connectivity index (χ3n) is 6.86. The number of hydrogen-bond donors (Lipinski definition) is 5. The molecular formula is C25H32O11. The van der Waals surface area contributed by atoms with E-state index in [-0.39, 0.29) is 5.92 Å². The molecule has 2 aliphatic rings. The molecule has 5 N–H and O–H groups in total. The molecule has 0 amide bonds. The average Bonchev–Trinajstić information content (AvgIpc) is 3.23. The van der Waals surface area contributed by atoms with Crippen LogP contribution in [0, 0.1) is 23.7 Å². The van der Waals surface area contributed by atoms with E-state index in [1.165, 1.54) is 12.2 Å². The van der Waals surface area contributed by atoms with Crippen molar-refractivity contribution < 1.29 is 54.1 Å². The smallest absolute Gasteiger partial charge is 0.330 e. The lowest BCUT2D eigenvalue weighted by atomic mass is 9.81. The first-order valence-corrected chi connectivity index (χ1v) is 11.8. The summed E-state index contributed by atoms with van der Waals surface area (Å²) in [5.41, 5.74) is 0.769. The highest BCUT2D eigenvalue weighted by Crippen LogP contribution is 2.42. The maximum absolute atomic E-state index is 12.0. The van der Waals surface area contributed by atoms with Crippen LogP contribution < -0.4 is 0 Å². The quantitative estimate of drug-likeness (QED) is 0.220. The van der Waals surface area contributed by atoms with Crippen molar-refractivity contribution in [1.82, 2.24) is 0 Å². The monoisotopic (exact) mass is 508 g/mol. The minimum Gasteiger partial charge on any atom is -0.481 e. The number of carboxylic acids is 2. The van der Waals surface area contributed by atoms with Gasteiger partial charge in [0, 0.05) is 6.08 Å². The van der Waals surface area contributed by atoms with Gasteiger partial charge in [-0.3, -0.25) is 9.59 Å². The summed E-state index contributed by atoms with van der Waals surface area (Å²) in [5.74, 6) is -5.97. The topological polar surface area (TPSA) is 180 Å². The van der Waals surface area contributed by atoms with Gasteiger partial charge in [0.2, 0.25) is 0 Å². The van der Waals surface area contributed by atoms with Gasteiger partial charge in [-0.2, -0.15) is 0 Å². The molecule has 1 saturated carbocycles. The molecule has 3 rings (SSSR count). The number of rotatable bonds is 10. The first kappa shape index (κ1) is 27.8. The number of aliphatic carboxylic acids is 2. The van der Waals surface area contributed by atoms with Gasteiger partial charge in [0.15, 0.2) is 6.29 Å². The highest BCUT2D eigenvalue weighted by atomic mass is 16.7. The molecule has 11 nitrogen and oxygen atoms in total. The molecule has 2 fully saturated rings. The number of benzene rings is 1. The largest absolute Gasteiger partial charge is 0.481 e. The SMILES string of the molecule is C[C@H]1CC[C@H]([C@H](CO[C@@H]2O[C@H](COC(=O)/C=C/c3ccccc3)[C@@H](O)[C@H](O)[C@H]2O)C(=O)O)[C@H]1C(=O)O. The van der Waals surface area contributed by atoms with Crippen LogP contribution in [0.15, 0.2) is 36.4 Å². The molecular weight excluding hydrogens is 476 g/mol. The number of ether oxygens (including phenoxy) is 3. The zero-order chi connectivity index (χ0) is 26.4. The molecule has 0 spiro atoms. The highest BCUT2D eigenvalue weighted by molar-refractivity contribution is 5.87. The van der Waals surface area contributed by atoms with Crippen LogP contribution >= 0.6 is 0 Å². The number of hydrogen-bond acceptors (Lipinski definition) is 9.